The summed E-state index contributed by atoms with van der Waals surface area (Å²) in [4.78, 5) is 0. The summed E-state index contributed by atoms with van der Waals surface area (Å²) in [7, 11) is 0. The smallest absolute Gasteiger partial charge is 0.186 e. The highest BCUT2D eigenvalue weighted by Gasteiger charge is 2.69. The summed E-state index contributed by atoms with van der Waals surface area (Å²) in [5.74, 6) is 1.02. The molecule has 6 N–H and O–H groups in total. The molecule has 15 atom stereocenters. The molecule has 5 aliphatic carbocycles. The van der Waals surface area contributed by atoms with E-state index in [-0.39, 0.29) is 45.7 Å². The number of rotatable bonds is 4. The van der Waals surface area contributed by atoms with Crippen molar-refractivity contribution in [2.45, 2.75) is 149 Å². The fourth-order valence-corrected chi connectivity index (χ4v) is 12.2. The van der Waals surface area contributed by atoms with Crippen LogP contribution in [0.1, 0.15) is 106 Å². The molecule has 1 saturated heterocycles. The molecule has 6 rings (SSSR count). The largest absolute Gasteiger partial charge is 0.394 e. The zero-order chi connectivity index (χ0) is 32.3. The zero-order valence-electron chi connectivity index (χ0n) is 28.1. The van der Waals surface area contributed by atoms with Gasteiger partial charge in [0.1, 0.15) is 24.4 Å². The number of hydrogen-bond acceptors (Lipinski definition) is 8. The minimum atomic E-state index is -1.49. The van der Waals surface area contributed by atoms with E-state index in [1.165, 1.54) is 0 Å². The van der Waals surface area contributed by atoms with E-state index >= 15 is 0 Å². The van der Waals surface area contributed by atoms with Crippen LogP contribution in [0.4, 0.5) is 0 Å². The van der Waals surface area contributed by atoms with Gasteiger partial charge in [0.15, 0.2) is 6.29 Å². The first-order chi connectivity index (χ1) is 20.4. The lowest BCUT2D eigenvalue weighted by molar-refractivity contribution is -0.315. The van der Waals surface area contributed by atoms with Gasteiger partial charge in [0.25, 0.3) is 0 Å². The second kappa shape index (κ2) is 10.7. The molecule has 8 nitrogen and oxygen atoms in total. The average Bonchev–Trinajstić information content (AvgIpc) is 2.95. The lowest BCUT2D eigenvalue weighted by Gasteiger charge is -2.71. The van der Waals surface area contributed by atoms with Crippen LogP contribution < -0.4 is 0 Å². The molecule has 4 saturated carbocycles. The summed E-state index contributed by atoms with van der Waals surface area (Å²) in [5.41, 5.74) is 1.17. The van der Waals surface area contributed by atoms with Crippen molar-refractivity contribution in [3.8, 4) is 0 Å². The standard InChI is InChI=1S/C36H60O8/c1-31(2)16-21-20-8-9-24-33(4)12-11-25(38)34(5,19-43-30-29(42)28(41)27(40)22(18-37)44-30)23(33)10-13-36(24,7)35(20,6)15-14-32(21,3)26(39)17-31/h8,21-30,37-42H,9-19H2,1-7H3/t21-,22-,23-,24-,25+,26-,27-,28+,29-,30-,32-,33+,34-,35+,36-/m1/s1. The Balaban J connectivity index is 1.29. The minimum Gasteiger partial charge on any atom is -0.394 e. The van der Waals surface area contributed by atoms with Gasteiger partial charge >= 0.3 is 0 Å². The van der Waals surface area contributed by atoms with Crippen LogP contribution in [0, 0.1) is 50.2 Å². The van der Waals surface area contributed by atoms with E-state index in [0.29, 0.717) is 18.3 Å². The van der Waals surface area contributed by atoms with Gasteiger partial charge in [0.05, 0.1) is 25.4 Å². The van der Waals surface area contributed by atoms with Crippen molar-refractivity contribution in [2.75, 3.05) is 13.2 Å². The summed E-state index contributed by atoms with van der Waals surface area (Å²) in [6.07, 6.45) is 3.91. The number of hydrogen-bond donors (Lipinski definition) is 6. The van der Waals surface area contributed by atoms with Gasteiger partial charge in [0, 0.05) is 10.8 Å². The van der Waals surface area contributed by atoms with Gasteiger partial charge in [-0.3, -0.25) is 0 Å². The van der Waals surface area contributed by atoms with E-state index in [9.17, 15) is 30.6 Å². The van der Waals surface area contributed by atoms with Gasteiger partial charge < -0.3 is 40.1 Å². The lowest BCUT2D eigenvalue weighted by atomic mass is 9.33. The molecule has 0 aromatic rings. The van der Waals surface area contributed by atoms with Crippen molar-refractivity contribution >= 4 is 0 Å². The van der Waals surface area contributed by atoms with Gasteiger partial charge in [-0.25, -0.2) is 0 Å². The topological polar surface area (TPSA) is 140 Å². The van der Waals surface area contributed by atoms with Crippen LogP contribution in [0.3, 0.4) is 0 Å². The Labute approximate surface area is 264 Å². The third-order valence-electron chi connectivity index (χ3n) is 15.3. The second-order valence-electron chi connectivity index (χ2n) is 18.0. The molecule has 0 aromatic heterocycles. The predicted molar refractivity (Wildman–Crippen MR) is 166 cm³/mol. The molecule has 44 heavy (non-hydrogen) atoms. The molecule has 0 bridgehead atoms. The van der Waals surface area contributed by atoms with Crippen LogP contribution in [0.2, 0.25) is 0 Å². The number of fused-ring (bicyclic) bond motifs is 7. The molecule has 0 aromatic carbocycles. The van der Waals surface area contributed by atoms with Crippen molar-refractivity contribution in [1.29, 1.82) is 0 Å². The summed E-state index contributed by atoms with van der Waals surface area (Å²) in [6, 6.07) is 0. The lowest BCUT2D eigenvalue weighted by Crippen LogP contribution is -2.66. The van der Waals surface area contributed by atoms with Gasteiger partial charge in [0.2, 0.25) is 0 Å². The average molecular weight is 621 g/mol. The van der Waals surface area contributed by atoms with Crippen LogP contribution >= 0.6 is 0 Å². The summed E-state index contributed by atoms with van der Waals surface area (Å²) >= 11 is 0. The van der Waals surface area contributed by atoms with Crippen molar-refractivity contribution in [3.05, 3.63) is 11.6 Å². The highest BCUT2D eigenvalue weighted by molar-refractivity contribution is 5.34. The molecule has 0 spiro atoms. The predicted octanol–water partition coefficient (Wildman–Crippen LogP) is 3.94. The maximum absolute atomic E-state index is 11.6. The number of ether oxygens (including phenoxy) is 2. The first-order valence-corrected chi connectivity index (χ1v) is 17.4. The first-order valence-electron chi connectivity index (χ1n) is 17.4. The summed E-state index contributed by atoms with van der Waals surface area (Å²) in [6.45, 7) is 16.3. The molecule has 252 valence electrons. The first kappa shape index (κ1) is 33.3. The third-order valence-corrected chi connectivity index (χ3v) is 15.3. The Hall–Kier alpha value is -0.580. The molecule has 0 radical (unpaired) electrons. The Kier molecular flexibility index (Phi) is 8.11. The van der Waals surface area contributed by atoms with E-state index in [2.05, 4.69) is 54.5 Å². The van der Waals surface area contributed by atoms with Crippen LogP contribution in [0.15, 0.2) is 11.6 Å². The fraction of sp³-hybridized carbons (Fsp3) is 0.944. The number of aliphatic hydroxyl groups is 6. The molecule has 5 fully saturated rings. The van der Waals surface area contributed by atoms with Gasteiger partial charge in [-0.2, -0.15) is 0 Å². The van der Waals surface area contributed by atoms with Gasteiger partial charge in [-0.05, 0) is 97.2 Å². The molecule has 1 aliphatic heterocycles. The Bertz CT molecular complexity index is 1140. The van der Waals surface area contributed by atoms with Gasteiger partial charge in [-0.1, -0.05) is 60.1 Å². The summed E-state index contributed by atoms with van der Waals surface area (Å²) < 4.78 is 11.8. The highest BCUT2D eigenvalue weighted by Crippen LogP contribution is 2.75. The van der Waals surface area contributed by atoms with Gasteiger partial charge in [-0.15, -0.1) is 0 Å². The van der Waals surface area contributed by atoms with Crippen LogP contribution in [-0.2, 0) is 9.47 Å². The minimum absolute atomic E-state index is 0.0309. The third kappa shape index (κ3) is 4.52. The zero-order valence-corrected chi connectivity index (χ0v) is 28.1. The molecular weight excluding hydrogens is 560 g/mol. The summed E-state index contributed by atoms with van der Waals surface area (Å²) in [5, 5.41) is 63.8. The monoisotopic (exact) mass is 620 g/mol. The van der Waals surface area contributed by atoms with E-state index in [4.69, 9.17) is 9.47 Å². The van der Waals surface area contributed by atoms with Crippen molar-refractivity contribution in [1.82, 2.24) is 0 Å². The maximum atomic E-state index is 11.6. The van der Waals surface area contributed by atoms with E-state index in [0.717, 1.165) is 51.4 Å². The molecule has 8 heteroatoms. The van der Waals surface area contributed by atoms with Crippen LogP contribution in [0.25, 0.3) is 0 Å². The van der Waals surface area contributed by atoms with Crippen molar-refractivity contribution in [2.24, 2.45) is 50.2 Å². The fourth-order valence-electron chi connectivity index (χ4n) is 12.2. The molecule has 0 amide bonds. The van der Waals surface area contributed by atoms with Crippen molar-refractivity contribution in [3.63, 3.8) is 0 Å². The maximum Gasteiger partial charge on any atom is 0.186 e. The van der Waals surface area contributed by atoms with E-state index in [1.54, 1.807) is 5.57 Å². The Morgan fingerprint density at radius 2 is 1.48 bits per heavy atom. The quantitative estimate of drug-likeness (QED) is 0.260. The van der Waals surface area contributed by atoms with Crippen LogP contribution in [-0.4, -0.2) is 86.8 Å². The normalized spacial score (nSPS) is 56.9. The van der Waals surface area contributed by atoms with Crippen molar-refractivity contribution < 1.29 is 40.1 Å². The SMILES string of the molecule is CC1(C)C[C@@H](O)[C@]2(C)CC[C@@]3(C)C(=CC[C@@H]4[C@@]5(C)CC[C@H](O)[C@](C)(CO[C@@H]6O[C@H](CO)[C@@H](O)[C@H](O)[C@H]6O)[C@@H]5CC[C@]43C)[C@H]2C1. The van der Waals surface area contributed by atoms with Crippen LogP contribution in [0.5, 0.6) is 0 Å². The highest BCUT2D eigenvalue weighted by atomic mass is 16.7. The number of allylic oxidation sites excluding steroid dienone is 2. The van der Waals surface area contributed by atoms with E-state index < -0.39 is 48.8 Å². The molecule has 0 unspecified atom stereocenters. The Morgan fingerprint density at radius 3 is 2.16 bits per heavy atom. The number of aliphatic hydroxyl groups excluding tert-OH is 6. The molecule has 6 aliphatic rings. The van der Waals surface area contributed by atoms with E-state index in [1.807, 2.05) is 0 Å². The second-order valence-corrected chi connectivity index (χ2v) is 18.0. The molecular formula is C36H60O8. The molecule has 1 heterocycles. The Morgan fingerprint density at radius 1 is 0.773 bits per heavy atom.